The van der Waals surface area contributed by atoms with Gasteiger partial charge in [-0.1, -0.05) is 48.5 Å². The van der Waals surface area contributed by atoms with Crippen molar-refractivity contribution in [2.24, 2.45) is 7.05 Å². The van der Waals surface area contributed by atoms with E-state index in [9.17, 15) is 0 Å². The zero-order chi connectivity index (χ0) is 23.3. The molecule has 0 spiro atoms. The number of para-hydroxylation sites is 2. The Hall–Kier alpha value is -4.59. The van der Waals surface area contributed by atoms with E-state index in [1.807, 2.05) is 84.9 Å². The van der Waals surface area contributed by atoms with E-state index in [1.54, 1.807) is 11.7 Å². The van der Waals surface area contributed by atoms with Gasteiger partial charge in [0.2, 0.25) is 5.95 Å². The molecule has 0 radical (unpaired) electrons. The average molecular weight is 453 g/mol. The maximum absolute atomic E-state index is 6.32. The van der Waals surface area contributed by atoms with Crippen molar-refractivity contribution in [3.63, 3.8) is 0 Å². The summed E-state index contributed by atoms with van der Waals surface area (Å²) in [5, 5.41) is 8.39. The molecule has 170 valence electrons. The van der Waals surface area contributed by atoms with Gasteiger partial charge < -0.3 is 20.5 Å². The summed E-state index contributed by atoms with van der Waals surface area (Å²) < 4.78 is 13.4. The number of anilines is 2. The first-order valence-electron chi connectivity index (χ1n) is 10.9. The van der Waals surface area contributed by atoms with E-state index in [-0.39, 0.29) is 0 Å². The van der Waals surface area contributed by atoms with Crippen LogP contribution in [-0.4, -0.2) is 32.9 Å². The minimum atomic E-state index is 0.451. The number of nitrogens with two attached hydrogens (primary N) is 1. The number of rotatable bonds is 8. The molecule has 8 heteroatoms. The van der Waals surface area contributed by atoms with Crippen molar-refractivity contribution in [3.8, 4) is 28.5 Å². The van der Waals surface area contributed by atoms with Crippen molar-refractivity contribution < 1.29 is 9.47 Å². The van der Waals surface area contributed by atoms with Crippen molar-refractivity contribution in [3.05, 3.63) is 84.9 Å². The van der Waals surface area contributed by atoms with E-state index >= 15 is 0 Å². The number of aromatic nitrogens is 4. The summed E-state index contributed by atoms with van der Waals surface area (Å²) in [6, 6.07) is 27.0. The van der Waals surface area contributed by atoms with Gasteiger partial charge in [0, 0.05) is 12.6 Å². The van der Waals surface area contributed by atoms with Crippen LogP contribution < -0.4 is 20.5 Å². The molecule has 5 aromatic rings. The third-order valence-electron chi connectivity index (χ3n) is 5.22. The maximum atomic E-state index is 6.32. The quantitative estimate of drug-likeness (QED) is 0.323. The Morgan fingerprint density at radius 3 is 2.32 bits per heavy atom. The lowest BCUT2D eigenvalue weighted by Crippen LogP contribution is -2.13. The van der Waals surface area contributed by atoms with Crippen LogP contribution in [-0.2, 0) is 7.05 Å². The molecule has 3 aromatic carbocycles. The lowest BCUT2D eigenvalue weighted by atomic mass is 10.1. The Balaban J connectivity index is 1.42. The number of nitrogens with zero attached hydrogens (tertiary/aromatic N) is 4. The molecule has 0 aliphatic rings. The fourth-order valence-corrected chi connectivity index (χ4v) is 3.58. The fraction of sp³-hybridized carbons (Fsp3) is 0.115. The second kappa shape index (κ2) is 9.50. The highest BCUT2D eigenvalue weighted by Gasteiger charge is 2.17. The van der Waals surface area contributed by atoms with Crippen LogP contribution in [0.1, 0.15) is 0 Å². The maximum Gasteiger partial charge on any atom is 0.225 e. The standard InChI is InChI=1S/C26H24N6O2/c1-32-24(27)22-23(18-9-8-14-21(17-18)34-20-12-6-3-7-13-20)29-26(30-25(22)31-32)28-15-16-33-19-10-4-2-5-11-19/h2-14,17H,15-16,27H2,1H3,(H,28,30,31). The second-order valence-corrected chi connectivity index (χ2v) is 7.63. The Morgan fingerprint density at radius 1 is 0.853 bits per heavy atom. The lowest BCUT2D eigenvalue weighted by molar-refractivity contribution is 0.332. The van der Waals surface area contributed by atoms with Crippen LogP contribution in [0.2, 0.25) is 0 Å². The summed E-state index contributed by atoms with van der Waals surface area (Å²) in [4.78, 5) is 9.33. The van der Waals surface area contributed by atoms with Gasteiger partial charge in [-0.15, -0.1) is 0 Å². The minimum absolute atomic E-state index is 0.451. The van der Waals surface area contributed by atoms with Gasteiger partial charge in [-0.2, -0.15) is 10.1 Å². The number of fused-ring (bicyclic) bond motifs is 1. The molecule has 0 unspecified atom stereocenters. The molecular weight excluding hydrogens is 428 g/mol. The molecule has 2 aromatic heterocycles. The normalized spacial score (nSPS) is 10.9. The third-order valence-corrected chi connectivity index (χ3v) is 5.22. The molecular formula is C26H24N6O2. The van der Waals surface area contributed by atoms with Crippen LogP contribution in [0.3, 0.4) is 0 Å². The van der Waals surface area contributed by atoms with Crippen LogP contribution in [0.4, 0.5) is 11.8 Å². The van der Waals surface area contributed by atoms with E-state index in [2.05, 4.69) is 15.4 Å². The van der Waals surface area contributed by atoms with E-state index in [0.29, 0.717) is 47.4 Å². The second-order valence-electron chi connectivity index (χ2n) is 7.63. The number of hydrogen-bond donors (Lipinski definition) is 2. The molecule has 5 rings (SSSR count). The number of aryl methyl sites for hydroxylation is 1. The Labute approximate surface area is 197 Å². The number of ether oxygens (including phenoxy) is 2. The summed E-state index contributed by atoms with van der Waals surface area (Å²) >= 11 is 0. The van der Waals surface area contributed by atoms with Gasteiger partial charge >= 0.3 is 0 Å². The highest BCUT2D eigenvalue weighted by atomic mass is 16.5. The molecule has 8 nitrogen and oxygen atoms in total. The van der Waals surface area contributed by atoms with Gasteiger partial charge in [0.1, 0.15) is 29.7 Å². The van der Waals surface area contributed by atoms with E-state index in [4.69, 9.17) is 20.2 Å². The van der Waals surface area contributed by atoms with Gasteiger partial charge in [-0.3, -0.25) is 4.68 Å². The highest BCUT2D eigenvalue weighted by Crippen LogP contribution is 2.33. The number of nitrogen functional groups attached to an aromatic ring is 1. The van der Waals surface area contributed by atoms with Crippen LogP contribution in [0.25, 0.3) is 22.3 Å². The SMILES string of the molecule is Cn1nc2nc(NCCOc3ccccc3)nc(-c3cccc(Oc4ccccc4)c3)c2c1N. The van der Waals surface area contributed by atoms with E-state index in [0.717, 1.165) is 17.1 Å². The molecule has 0 saturated heterocycles. The van der Waals surface area contributed by atoms with Crippen molar-refractivity contribution >= 4 is 22.8 Å². The van der Waals surface area contributed by atoms with Crippen LogP contribution in [0, 0.1) is 0 Å². The van der Waals surface area contributed by atoms with Gasteiger partial charge in [-0.25, -0.2) is 4.98 Å². The summed E-state index contributed by atoms with van der Waals surface area (Å²) in [6.45, 7) is 0.991. The number of hydrogen-bond acceptors (Lipinski definition) is 7. The average Bonchev–Trinajstić information content (AvgIpc) is 3.16. The Morgan fingerprint density at radius 2 is 1.56 bits per heavy atom. The third kappa shape index (κ3) is 4.61. The van der Waals surface area contributed by atoms with Gasteiger partial charge in [0.25, 0.3) is 0 Å². The van der Waals surface area contributed by atoms with Crippen LogP contribution in [0.15, 0.2) is 84.9 Å². The van der Waals surface area contributed by atoms with E-state index in [1.165, 1.54) is 0 Å². The van der Waals surface area contributed by atoms with Crippen molar-refractivity contribution in [2.75, 3.05) is 24.2 Å². The van der Waals surface area contributed by atoms with Crippen molar-refractivity contribution in [1.82, 2.24) is 19.7 Å². The zero-order valence-electron chi connectivity index (χ0n) is 18.7. The minimum Gasteiger partial charge on any atom is -0.492 e. The van der Waals surface area contributed by atoms with Crippen molar-refractivity contribution in [2.45, 2.75) is 0 Å². The molecule has 0 amide bonds. The zero-order valence-corrected chi connectivity index (χ0v) is 18.7. The summed E-state index contributed by atoms with van der Waals surface area (Å²) in [5.41, 5.74) is 8.37. The van der Waals surface area contributed by atoms with Crippen LogP contribution in [0.5, 0.6) is 17.2 Å². The largest absolute Gasteiger partial charge is 0.492 e. The molecule has 0 fully saturated rings. The number of nitrogens with one attached hydrogen (secondary N) is 1. The monoisotopic (exact) mass is 452 g/mol. The predicted molar refractivity (Wildman–Crippen MR) is 133 cm³/mol. The first-order chi connectivity index (χ1) is 16.7. The van der Waals surface area contributed by atoms with E-state index < -0.39 is 0 Å². The lowest BCUT2D eigenvalue weighted by Gasteiger charge is -2.11. The molecule has 34 heavy (non-hydrogen) atoms. The summed E-state index contributed by atoms with van der Waals surface area (Å²) in [7, 11) is 1.79. The molecule has 0 aliphatic carbocycles. The molecule has 2 heterocycles. The topological polar surface area (TPSA) is 100 Å². The Kier molecular flexibility index (Phi) is 5.94. The smallest absolute Gasteiger partial charge is 0.225 e. The Bertz CT molecular complexity index is 1400. The van der Waals surface area contributed by atoms with Gasteiger partial charge in [0.15, 0.2) is 5.65 Å². The molecule has 3 N–H and O–H groups in total. The molecule has 0 saturated carbocycles. The molecule has 0 bridgehead atoms. The first kappa shape index (κ1) is 21.3. The number of benzene rings is 3. The van der Waals surface area contributed by atoms with Crippen LogP contribution >= 0.6 is 0 Å². The van der Waals surface area contributed by atoms with Gasteiger partial charge in [0.05, 0.1) is 17.6 Å². The van der Waals surface area contributed by atoms with Gasteiger partial charge in [-0.05, 0) is 36.4 Å². The van der Waals surface area contributed by atoms with Crippen molar-refractivity contribution in [1.29, 1.82) is 0 Å². The predicted octanol–water partition coefficient (Wildman–Crippen LogP) is 4.90. The highest BCUT2D eigenvalue weighted by molar-refractivity contribution is 5.99. The fourth-order valence-electron chi connectivity index (χ4n) is 3.58. The first-order valence-corrected chi connectivity index (χ1v) is 10.9. The molecule has 0 aliphatic heterocycles. The molecule has 0 atom stereocenters. The summed E-state index contributed by atoms with van der Waals surface area (Å²) in [6.07, 6.45) is 0. The summed E-state index contributed by atoms with van der Waals surface area (Å²) in [5.74, 6) is 3.22.